The fourth-order valence-corrected chi connectivity index (χ4v) is 5.70. The molecule has 2 aromatic heterocycles. The van der Waals surface area contributed by atoms with Gasteiger partial charge in [-0.1, -0.05) is 47.5 Å². The van der Waals surface area contributed by atoms with Crippen molar-refractivity contribution in [2.24, 2.45) is 0 Å². The topological polar surface area (TPSA) is 88.1 Å². The largest absolute Gasteiger partial charge is 0.294 e. The van der Waals surface area contributed by atoms with Crippen LogP contribution in [0.25, 0.3) is 11.3 Å². The molecule has 0 fully saturated rings. The Labute approximate surface area is 196 Å². The Morgan fingerprint density at radius 3 is 2.58 bits per heavy atom. The lowest BCUT2D eigenvalue weighted by atomic mass is 10.1. The van der Waals surface area contributed by atoms with Gasteiger partial charge in [0.2, 0.25) is 0 Å². The molecular formula is C24H21ClN4O3S. The molecule has 1 N–H and O–H groups in total. The number of nitrogens with one attached hydrogen (secondary N) is 1. The van der Waals surface area contributed by atoms with E-state index in [2.05, 4.69) is 10.1 Å². The molecule has 0 unspecified atom stereocenters. The van der Waals surface area contributed by atoms with E-state index in [1.54, 1.807) is 48.7 Å². The number of hydrogen-bond donors (Lipinski definition) is 1. The van der Waals surface area contributed by atoms with Gasteiger partial charge in [0.05, 0.1) is 17.1 Å². The molecule has 0 amide bonds. The van der Waals surface area contributed by atoms with Crippen molar-refractivity contribution in [3.8, 4) is 11.3 Å². The normalized spacial score (nSPS) is 13.3. The summed E-state index contributed by atoms with van der Waals surface area (Å²) in [5.41, 5.74) is 3.25. The summed E-state index contributed by atoms with van der Waals surface area (Å²) in [6.07, 6.45) is 1.81. The third-order valence-corrected chi connectivity index (χ3v) is 7.98. The van der Waals surface area contributed by atoms with Gasteiger partial charge in [-0.05, 0) is 49.2 Å². The first kappa shape index (κ1) is 21.5. The maximum atomic E-state index is 13.5. The van der Waals surface area contributed by atoms with Gasteiger partial charge in [-0.3, -0.25) is 9.89 Å². The molecule has 0 bridgehead atoms. The predicted molar refractivity (Wildman–Crippen MR) is 128 cm³/mol. The third kappa shape index (κ3) is 3.75. The summed E-state index contributed by atoms with van der Waals surface area (Å²) in [6.45, 7) is 2.29. The van der Waals surface area contributed by atoms with Crippen molar-refractivity contribution in [3.05, 3.63) is 98.9 Å². The third-order valence-electron chi connectivity index (χ3n) is 5.80. The minimum Gasteiger partial charge on any atom is -0.294 e. The average Bonchev–Trinajstić information content (AvgIpc) is 3.00. The van der Waals surface area contributed by atoms with Crippen molar-refractivity contribution in [1.82, 2.24) is 14.8 Å². The zero-order valence-electron chi connectivity index (χ0n) is 17.8. The highest BCUT2D eigenvalue weighted by Crippen LogP contribution is 2.35. The van der Waals surface area contributed by atoms with Crippen LogP contribution in [0.15, 0.2) is 76.6 Å². The second kappa shape index (κ2) is 8.20. The van der Waals surface area contributed by atoms with E-state index in [4.69, 9.17) is 11.6 Å². The molecule has 0 spiro atoms. The lowest BCUT2D eigenvalue weighted by molar-refractivity contribution is 0.590. The molecule has 0 saturated carbocycles. The highest BCUT2D eigenvalue weighted by Gasteiger charge is 2.33. The molecule has 0 atom stereocenters. The molecule has 5 rings (SSSR count). The van der Waals surface area contributed by atoms with Crippen LogP contribution in [-0.2, 0) is 23.0 Å². The number of benzene rings is 2. The molecule has 2 aromatic carbocycles. The van der Waals surface area contributed by atoms with E-state index in [9.17, 15) is 13.2 Å². The number of aryl methyl sites for hydroxylation is 1. The zero-order valence-corrected chi connectivity index (χ0v) is 19.4. The molecule has 1 aliphatic heterocycles. The van der Waals surface area contributed by atoms with Gasteiger partial charge >= 0.3 is 0 Å². The molecule has 0 saturated heterocycles. The number of pyridine rings is 1. The van der Waals surface area contributed by atoms with E-state index in [1.165, 1.54) is 8.99 Å². The number of anilines is 1. The quantitative estimate of drug-likeness (QED) is 0.478. The summed E-state index contributed by atoms with van der Waals surface area (Å²) in [4.78, 5) is 17.8. The summed E-state index contributed by atoms with van der Waals surface area (Å²) in [5, 5.41) is 3.75. The van der Waals surface area contributed by atoms with Gasteiger partial charge in [-0.15, -0.1) is 0 Å². The summed E-state index contributed by atoms with van der Waals surface area (Å²) in [7, 11) is -3.86. The van der Waals surface area contributed by atoms with Crippen LogP contribution in [0.3, 0.4) is 0 Å². The number of H-pyrrole nitrogens is 1. The minimum atomic E-state index is -3.86. The first-order chi connectivity index (χ1) is 15.9. The maximum absolute atomic E-state index is 13.5. The standard InChI is InChI=1S/C24H21ClN4O3S/c1-16-8-10-18(11-9-16)33(31,32)29-14-12-20-22(19-6-4-13-26-23(19)29)27-28(24(20)30)15-17-5-2-3-7-21(17)25/h2-11,13,27H,12,14-15H2,1H3. The van der Waals surface area contributed by atoms with Crippen LogP contribution in [0.1, 0.15) is 16.7 Å². The zero-order chi connectivity index (χ0) is 23.2. The Balaban J connectivity index is 1.60. The Morgan fingerprint density at radius 2 is 1.82 bits per heavy atom. The van der Waals surface area contributed by atoms with Gasteiger partial charge in [0.15, 0.2) is 5.82 Å². The van der Waals surface area contributed by atoms with Gasteiger partial charge in [-0.2, -0.15) is 0 Å². The number of sulfonamides is 1. The first-order valence-corrected chi connectivity index (χ1v) is 12.3. The highest BCUT2D eigenvalue weighted by molar-refractivity contribution is 7.92. The number of fused-ring (bicyclic) bond motifs is 3. The van der Waals surface area contributed by atoms with Crippen molar-refractivity contribution in [1.29, 1.82) is 0 Å². The van der Waals surface area contributed by atoms with E-state index in [0.29, 0.717) is 27.7 Å². The molecule has 7 nitrogen and oxygen atoms in total. The average molecular weight is 481 g/mol. The SMILES string of the molecule is Cc1ccc(S(=O)(=O)N2CCc3c([nH]n(Cc4ccccc4Cl)c3=O)-c3cccnc32)cc1. The Morgan fingerprint density at radius 1 is 1.06 bits per heavy atom. The van der Waals surface area contributed by atoms with Crippen LogP contribution in [-0.4, -0.2) is 29.7 Å². The molecule has 1 aliphatic rings. The Bertz CT molecular complexity index is 1510. The molecule has 0 radical (unpaired) electrons. The van der Waals surface area contributed by atoms with Crippen molar-refractivity contribution in [3.63, 3.8) is 0 Å². The van der Waals surface area contributed by atoms with Crippen molar-refractivity contribution < 1.29 is 8.42 Å². The van der Waals surface area contributed by atoms with E-state index >= 15 is 0 Å². The van der Waals surface area contributed by atoms with Crippen LogP contribution < -0.4 is 9.86 Å². The summed E-state index contributed by atoms with van der Waals surface area (Å²) < 4.78 is 29.8. The van der Waals surface area contributed by atoms with Crippen molar-refractivity contribution in [2.75, 3.05) is 10.8 Å². The second-order valence-corrected chi connectivity index (χ2v) is 10.2. The molecule has 4 aromatic rings. The predicted octanol–water partition coefficient (Wildman–Crippen LogP) is 4.00. The smallest absolute Gasteiger partial charge is 0.270 e. The summed E-state index contributed by atoms with van der Waals surface area (Å²) in [5.74, 6) is 0.294. The molecule has 9 heteroatoms. The lowest BCUT2D eigenvalue weighted by Gasteiger charge is -2.23. The minimum absolute atomic E-state index is 0.104. The van der Waals surface area contributed by atoms with Crippen molar-refractivity contribution >= 4 is 27.4 Å². The fourth-order valence-electron chi connectivity index (χ4n) is 4.07. The number of halogens is 1. The Kier molecular flexibility index (Phi) is 5.34. The summed E-state index contributed by atoms with van der Waals surface area (Å²) in [6, 6.07) is 17.6. The van der Waals surface area contributed by atoms with Crippen LogP contribution in [0.4, 0.5) is 5.82 Å². The second-order valence-electron chi connectivity index (χ2n) is 7.96. The van der Waals surface area contributed by atoms with Gasteiger partial charge in [0, 0.05) is 28.9 Å². The van der Waals surface area contributed by atoms with Crippen LogP contribution >= 0.6 is 11.6 Å². The number of hydrogen-bond acceptors (Lipinski definition) is 4. The van der Waals surface area contributed by atoms with E-state index < -0.39 is 10.0 Å². The molecule has 0 aliphatic carbocycles. The van der Waals surface area contributed by atoms with E-state index in [0.717, 1.165) is 11.1 Å². The maximum Gasteiger partial charge on any atom is 0.270 e. The molecule has 168 valence electrons. The number of aromatic nitrogens is 3. The van der Waals surface area contributed by atoms with E-state index in [1.807, 2.05) is 25.1 Å². The summed E-state index contributed by atoms with van der Waals surface area (Å²) >= 11 is 6.28. The lowest BCUT2D eigenvalue weighted by Crippen LogP contribution is -2.34. The van der Waals surface area contributed by atoms with Gasteiger partial charge < -0.3 is 0 Å². The van der Waals surface area contributed by atoms with Crippen LogP contribution in [0.2, 0.25) is 5.02 Å². The molecule has 33 heavy (non-hydrogen) atoms. The van der Waals surface area contributed by atoms with Crippen molar-refractivity contribution in [2.45, 2.75) is 24.8 Å². The van der Waals surface area contributed by atoms with Crippen LogP contribution in [0.5, 0.6) is 0 Å². The fraction of sp³-hybridized carbons (Fsp3) is 0.167. The number of rotatable bonds is 4. The monoisotopic (exact) mass is 480 g/mol. The molecular weight excluding hydrogens is 460 g/mol. The van der Waals surface area contributed by atoms with Gasteiger partial charge in [-0.25, -0.2) is 22.4 Å². The van der Waals surface area contributed by atoms with Crippen LogP contribution in [0, 0.1) is 6.92 Å². The highest BCUT2D eigenvalue weighted by atomic mass is 35.5. The number of aromatic amines is 1. The van der Waals surface area contributed by atoms with E-state index in [-0.39, 0.29) is 30.0 Å². The molecule has 3 heterocycles. The van der Waals surface area contributed by atoms with Gasteiger partial charge in [0.1, 0.15) is 0 Å². The van der Waals surface area contributed by atoms with Gasteiger partial charge in [0.25, 0.3) is 15.6 Å². The first-order valence-electron chi connectivity index (χ1n) is 10.5. The number of nitrogens with zero attached hydrogens (tertiary/aromatic N) is 3. The Hall–Kier alpha value is -3.36.